The SMILES string of the molecule is CC1CC(=O)CC(N(C)Cc2ccccc2)C1. The Hall–Kier alpha value is -1.15. The molecule has 1 aromatic carbocycles. The fraction of sp³-hybridized carbons (Fsp3) is 0.533. The molecule has 2 heteroatoms. The molecule has 0 bridgehead atoms. The van der Waals surface area contributed by atoms with E-state index < -0.39 is 0 Å². The van der Waals surface area contributed by atoms with Gasteiger partial charge in [0.05, 0.1) is 0 Å². The Morgan fingerprint density at radius 2 is 1.94 bits per heavy atom. The highest BCUT2D eigenvalue weighted by molar-refractivity contribution is 5.80. The lowest BCUT2D eigenvalue weighted by Gasteiger charge is -2.33. The lowest BCUT2D eigenvalue weighted by Crippen LogP contribution is -2.38. The molecule has 2 rings (SSSR count). The highest BCUT2D eigenvalue weighted by Crippen LogP contribution is 2.25. The molecule has 1 aliphatic carbocycles. The predicted octanol–water partition coefficient (Wildman–Crippen LogP) is 2.88. The molecule has 1 aromatic rings. The molecule has 92 valence electrons. The zero-order valence-electron chi connectivity index (χ0n) is 10.7. The van der Waals surface area contributed by atoms with E-state index in [2.05, 4.69) is 43.1 Å². The van der Waals surface area contributed by atoms with Crippen molar-refractivity contribution in [3.8, 4) is 0 Å². The Morgan fingerprint density at radius 3 is 2.59 bits per heavy atom. The Kier molecular flexibility index (Phi) is 3.95. The minimum atomic E-state index is 0.423. The van der Waals surface area contributed by atoms with Crippen molar-refractivity contribution in [3.05, 3.63) is 35.9 Å². The third kappa shape index (κ3) is 3.40. The van der Waals surface area contributed by atoms with Crippen molar-refractivity contribution in [2.45, 2.75) is 38.8 Å². The summed E-state index contributed by atoms with van der Waals surface area (Å²) < 4.78 is 0. The number of nitrogens with zero attached hydrogens (tertiary/aromatic N) is 1. The van der Waals surface area contributed by atoms with Crippen molar-refractivity contribution in [1.29, 1.82) is 0 Å². The fourth-order valence-electron chi connectivity index (χ4n) is 2.70. The van der Waals surface area contributed by atoms with Gasteiger partial charge in [0.1, 0.15) is 5.78 Å². The summed E-state index contributed by atoms with van der Waals surface area (Å²) in [6.07, 6.45) is 2.65. The molecule has 1 fully saturated rings. The van der Waals surface area contributed by atoms with E-state index in [-0.39, 0.29) is 0 Å². The molecule has 17 heavy (non-hydrogen) atoms. The van der Waals surface area contributed by atoms with Crippen molar-refractivity contribution >= 4 is 5.78 Å². The van der Waals surface area contributed by atoms with Crippen LogP contribution < -0.4 is 0 Å². The van der Waals surface area contributed by atoms with Crippen molar-refractivity contribution in [2.24, 2.45) is 5.92 Å². The molecule has 2 unspecified atom stereocenters. The number of rotatable bonds is 3. The Morgan fingerprint density at radius 1 is 1.24 bits per heavy atom. The number of benzene rings is 1. The van der Waals surface area contributed by atoms with E-state index in [4.69, 9.17) is 0 Å². The van der Waals surface area contributed by atoms with Crippen LogP contribution >= 0.6 is 0 Å². The Bertz CT molecular complexity index is 374. The molecule has 0 aromatic heterocycles. The van der Waals surface area contributed by atoms with Crippen LogP contribution in [0.15, 0.2) is 30.3 Å². The Labute approximate surface area is 104 Å². The highest BCUT2D eigenvalue weighted by Gasteiger charge is 2.27. The molecule has 1 aliphatic rings. The molecule has 0 amide bonds. The smallest absolute Gasteiger partial charge is 0.134 e. The standard InChI is InChI=1S/C15H21NO/c1-12-8-14(10-15(17)9-12)16(2)11-13-6-4-3-5-7-13/h3-7,12,14H,8-11H2,1-2H3. The van der Waals surface area contributed by atoms with Crippen LogP contribution in [-0.4, -0.2) is 23.8 Å². The molecule has 0 heterocycles. The molecule has 0 spiro atoms. The predicted molar refractivity (Wildman–Crippen MR) is 69.7 cm³/mol. The molecule has 1 saturated carbocycles. The monoisotopic (exact) mass is 231 g/mol. The minimum Gasteiger partial charge on any atom is -0.300 e. The number of hydrogen-bond acceptors (Lipinski definition) is 2. The minimum absolute atomic E-state index is 0.423. The molecular formula is C15H21NO. The first kappa shape index (κ1) is 12.3. The van der Waals surface area contributed by atoms with Gasteiger partial charge in [-0.05, 0) is 24.9 Å². The average molecular weight is 231 g/mol. The maximum Gasteiger partial charge on any atom is 0.134 e. The van der Waals surface area contributed by atoms with E-state index in [0.29, 0.717) is 17.7 Å². The van der Waals surface area contributed by atoms with Crippen molar-refractivity contribution in [3.63, 3.8) is 0 Å². The number of carbonyl (C=O) groups is 1. The van der Waals surface area contributed by atoms with Crippen LogP contribution in [0.4, 0.5) is 0 Å². The van der Waals surface area contributed by atoms with Gasteiger partial charge in [-0.25, -0.2) is 0 Å². The highest BCUT2D eigenvalue weighted by atomic mass is 16.1. The summed E-state index contributed by atoms with van der Waals surface area (Å²) in [6, 6.07) is 10.9. The van der Waals surface area contributed by atoms with Gasteiger partial charge < -0.3 is 0 Å². The second-order valence-corrected chi connectivity index (χ2v) is 5.34. The largest absolute Gasteiger partial charge is 0.300 e. The van der Waals surface area contributed by atoms with Crippen LogP contribution in [0.5, 0.6) is 0 Å². The van der Waals surface area contributed by atoms with Crippen LogP contribution in [-0.2, 0) is 11.3 Å². The lowest BCUT2D eigenvalue weighted by molar-refractivity contribution is -0.123. The molecule has 0 saturated heterocycles. The van der Waals surface area contributed by atoms with E-state index in [1.165, 1.54) is 5.56 Å². The van der Waals surface area contributed by atoms with Gasteiger partial charge in [-0.1, -0.05) is 37.3 Å². The van der Waals surface area contributed by atoms with E-state index >= 15 is 0 Å². The topological polar surface area (TPSA) is 20.3 Å². The molecule has 0 N–H and O–H groups in total. The third-order valence-corrected chi connectivity index (χ3v) is 3.61. The second kappa shape index (κ2) is 5.46. The van der Waals surface area contributed by atoms with Gasteiger partial charge in [-0.15, -0.1) is 0 Å². The van der Waals surface area contributed by atoms with E-state index in [1.807, 2.05) is 6.07 Å². The second-order valence-electron chi connectivity index (χ2n) is 5.34. The third-order valence-electron chi connectivity index (χ3n) is 3.61. The number of Topliss-reactive ketones (excluding diaryl/α,β-unsaturated/α-hetero) is 1. The maximum absolute atomic E-state index is 11.6. The zero-order valence-corrected chi connectivity index (χ0v) is 10.7. The summed E-state index contributed by atoms with van der Waals surface area (Å²) in [6.45, 7) is 3.12. The van der Waals surface area contributed by atoms with Crippen LogP contribution in [0.2, 0.25) is 0 Å². The molecule has 2 nitrogen and oxygen atoms in total. The van der Waals surface area contributed by atoms with Crippen LogP contribution in [0, 0.1) is 5.92 Å². The first-order valence-corrected chi connectivity index (χ1v) is 6.41. The van der Waals surface area contributed by atoms with Gasteiger partial charge in [0.25, 0.3) is 0 Å². The summed E-state index contributed by atoms with van der Waals surface area (Å²) >= 11 is 0. The normalized spacial score (nSPS) is 25.2. The van der Waals surface area contributed by atoms with E-state index in [0.717, 1.165) is 25.8 Å². The summed E-state index contributed by atoms with van der Waals surface area (Å²) in [4.78, 5) is 13.9. The number of carbonyl (C=O) groups excluding carboxylic acids is 1. The van der Waals surface area contributed by atoms with Crippen LogP contribution in [0.1, 0.15) is 31.7 Å². The van der Waals surface area contributed by atoms with E-state index in [9.17, 15) is 4.79 Å². The zero-order chi connectivity index (χ0) is 12.3. The molecular weight excluding hydrogens is 210 g/mol. The van der Waals surface area contributed by atoms with Gasteiger partial charge in [0, 0.05) is 25.4 Å². The van der Waals surface area contributed by atoms with Gasteiger partial charge in [-0.3, -0.25) is 9.69 Å². The molecule has 0 aliphatic heterocycles. The van der Waals surface area contributed by atoms with Crippen molar-refractivity contribution in [2.75, 3.05) is 7.05 Å². The van der Waals surface area contributed by atoms with Gasteiger partial charge >= 0.3 is 0 Å². The van der Waals surface area contributed by atoms with Crippen LogP contribution in [0.3, 0.4) is 0 Å². The lowest BCUT2D eigenvalue weighted by atomic mass is 9.85. The molecule has 2 atom stereocenters. The first-order chi connectivity index (χ1) is 8.15. The van der Waals surface area contributed by atoms with Gasteiger partial charge in [-0.2, -0.15) is 0 Å². The summed E-state index contributed by atoms with van der Waals surface area (Å²) in [5, 5.41) is 0. The van der Waals surface area contributed by atoms with Crippen molar-refractivity contribution in [1.82, 2.24) is 4.90 Å². The van der Waals surface area contributed by atoms with Crippen LogP contribution in [0.25, 0.3) is 0 Å². The quantitative estimate of drug-likeness (QED) is 0.797. The van der Waals surface area contributed by atoms with Gasteiger partial charge in [0.2, 0.25) is 0 Å². The summed E-state index contributed by atoms with van der Waals surface area (Å²) in [5.74, 6) is 0.966. The average Bonchev–Trinajstić information content (AvgIpc) is 2.29. The fourth-order valence-corrected chi connectivity index (χ4v) is 2.70. The maximum atomic E-state index is 11.6. The summed E-state index contributed by atoms with van der Waals surface area (Å²) in [7, 11) is 2.13. The van der Waals surface area contributed by atoms with Gasteiger partial charge in [0.15, 0.2) is 0 Å². The number of ketones is 1. The molecule has 0 radical (unpaired) electrons. The Balaban J connectivity index is 1.95. The number of hydrogen-bond donors (Lipinski definition) is 0. The van der Waals surface area contributed by atoms with E-state index in [1.54, 1.807) is 0 Å². The first-order valence-electron chi connectivity index (χ1n) is 6.41. The van der Waals surface area contributed by atoms with Crippen molar-refractivity contribution < 1.29 is 4.79 Å². The summed E-state index contributed by atoms with van der Waals surface area (Å²) in [5.41, 5.74) is 1.32.